The largest absolute Gasteiger partial charge is 0.334 e. The first-order valence-corrected chi connectivity index (χ1v) is 6.64. The molecule has 2 amide bonds. The van der Waals surface area contributed by atoms with E-state index in [2.05, 4.69) is 10.6 Å². The smallest absolute Gasteiger partial charge is 0.319 e. The van der Waals surface area contributed by atoms with Gasteiger partial charge in [0.2, 0.25) is 0 Å². The Labute approximate surface area is 108 Å². The monoisotopic (exact) mass is 247 g/mol. The van der Waals surface area contributed by atoms with Crippen molar-refractivity contribution in [1.29, 1.82) is 0 Å². The molecule has 0 heterocycles. The van der Waals surface area contributed by atoms with Crippen LogP contribution in [0.5, 0.6) is 0 Å². The third-order valence-electron chi connectivity index (χ3n) is 3.42. The van der Waals surface area contributed by atoms with E-state index < -0.39 is 0 Å². The van der Waals surface area contributed by atoms with Crippen molar-refractivity contribution >= 4 is 11.7 Å². The van der Waals surface area contributed by atoms with E-state index in [1.54, 1.807) is 0 Å². The molecule has 2 rings (SSSR count). The molecule has 1 aliphatic rings. The topological polar surface area (TPSA) is 67.1 Å². The van der Waals surface area contributed by atoms with Crippen LogP contribution >= 0.6 is 0 Å². The van der Waals surface area contributed by atoms with E-state index in [9.17, 15) is 4.79 Å². The van der Waals surface area contributed by atoms with Gasteiger partial charge in [0.25, 0.3) is 0 Å². The summed E-state index contributed by atoms with van der Waals surface area (Å²) >= 11 is 0. The molecule has 0 spiro atoms. The molecule has 2 unspecified atom stereocenters. The number of amides is 2. The van der Waals surface area contributed by atoms with Crippen LogP contribution in [-0.4, -0.2) is 18.1 Å². The van der Waals surface area contributed by atoms with Crippen LogP contribution in [0.4, 0.5) is 10.5 Å². The molecule has 0 saturated heterocycles. The number of nitrogens with one attached hydrogen (secondary N) is 2. The normalized spacial score (nSPS) is 24.1. The summed E-state index contributed by atoms with van der Waals surface area (Å²) in [6, 6.07) is 9.46. The minimum atomic E-state index is -0.163. The molecule has 0 radical (unpaired) electrons. The van der Waals surface area contributed by atoms with Gasteiger partial charge in [-0.3, -0.25) is 0 Å². The van der Waals surface area contributed by atoms with E-state index in [4.69, 9.17) is 5.73 Å². The summed E-state index contributed by atoms with van der Waals surface area (Å²) < 4.78 is 0. The number of rotatable bonds is 2. The van der Waals surface area contributed by atoms with Gasteiger partial charge in [0, 0.05) is 17.8 Å². The predicted octanol–water partition coefficient (Wildman–Crippen LogP) is 2.47. The van der Waals surface area contributed by atoms with Crippen molar-refractivity contribution in [2.75, 3.05) is 5.32 Å². The first kappa shape index (κ1) is 12.9. The Balaban J connectivity index is 1.86. The Hall–Kier alpha value is -1.55. The van der Waals surface area contributed by atoms with Crippen molar-refractivity contribution in [3.8, 4) is 0 Å². The molecule has 4 nitrogen and oxygen atoms in total. The van der Waals surface area contributed by atoms with E-state index in [0.29, 0.717) is 0 Å². The number of anilines is 1. The number of hydrogen-bond donors (Lipinski definition) is 3. The number of hydrogen-bond acceptors (Lipinski definition) is 2. The molecule has 18 heavy (non-hydrogen) atoms. The Bertz CT molecular complexity index is 380. The number of para-hydroxylation sites is 1. The average Bonchev–Trinajstić information content (AvgIpc) is 2.56. The molecule has 2 atom stereocenters. The molecule has 0 bridgehead atoms. The summed E-state index contributed by atoms with van der Waals surface area (Å²) in [6.45, 7) is 0. The summed E-state index contributed by atoms with van der Waals surface area (Å²) in [5.41, 5.74) is 6.88. The predicted molar refractivity (Wildman–Crippen MR) is 73.4 cm³/mol. The summed E-state index contributed by atoms with van der Waals surface area (Å²) in [5.74, 6) is 0. The highest BCUT2D eigenvalue weighted by Crippen LogP contribution is 2.16. The van der Waals surface area contributed by atoms with Crippen molar-refractivity contribution in [2.24, 2.45) is 5.73 Å². The van der Waals surface area contributed by atoms with E-state index >= 15 is 0 Å². The fourth-order valence-corrected chi connectivity index (χ4v) is 2.37. The van der Waals surface area contributed by atoms with Crippen molar-refractivity contribution in [1.82, 2.24) is 5.32 Å². The first-order valence-electron chi connectivity index (χ1n) is 6.64. The third-order valence-corrected chi connectivity index (χ3v) is 3.42. The molecular formula is C14H21N3O. The van der Waals surface area contributed by atoms with Crippen molar-refractivity contribution in [2.45, 2.75) is 44.2 Å². The van der Waals surface area contributed by atoms with Gasteiger partial charge in [-0.15, -0.1) is 0 Å². The number of nitrogens with two attached hydrogens (primary N) is 1. The van der Waals surface area contributed by atoms with E-state index in [0.717, 1.165) is 24.9 Å². The zero-order valence-corrected chi connectivity index (χ0v) is 10.6. The number of carbonyl (C=O) groups excluding carboxylic acids is 1. The maximum absolute atomic E-state index is 11.9. The Morgan fingerprint density at radius 1 is 1.11 bits per heavy atom. The van der Waals surface area contributed by atoms with Gasteiger partial charge < -0.3 is 16.4 Å². The molecule has 1 fully saturated rings. The van der Waals surface area contributed by atoms with E-state index in [-0.39, 0.29) is 18.1 Å². The molecule has 4 N–H and O–H groups in total. The van der Waals surface area contributed by atoms with Crippen molar-refractivity contribution in [3.63, 3.8) is 0 Å². The van der Waals surface area contributed by atoms with Crippen LogP contribution in [0.15, 0.2) is 30.3 Å². The molecular weight excluding hydrogens is 226 g/mol. The number of benzene rings is 1. The number of carbonyl (C=O) groups is 1. The molecule has 1 saturated carbocycles. The van der Waals surface area contributed by atoms with Crippen LogP contribution in [0, 0.1) is 0 Å². The van der Waals surface area contributed by atoms with Crippen molar-refractivity contribution in [3.05, 3.63) is 30.3 Å². The quantitative estimate of drug-likeness (QED) is 0.703. The Morgan fingerprint density at radius 2 is 1.83 bits per heavy atom. The fourth-order valence-electron chi connectivity index (χ4n) is 2.37. The summed E-state index contributed by atoms with van der Waals surface area (Å²) in [6.07, 6.45) is 5.50. The minimum absolute atomic E-state index is 0.0778. The molecule has 1 aromatic rings. The minimum Gasteiger partial charge on any atom is -0.334 e. The van der Waals surface area contributed by atoms with Gasteiger partial charge in [0.1, 0.15) is 0 Å². The second-order valence-corrected chi connectivity index (χ2v) is 4.87. The first-order chi connectivity index (χ1) is 8.75. The lowest BCUT2D eigenvalue weighted by molar-refractivity contribution is 0.245. The van der Waals surface area contributed by atoms with Crippen LogP contribution in [0.25, 0.3) is 0 Å². The molecule has 98 valence electrons. The summed E-state index contributed by atoms with van der Waals surface area (Å²) in [4.78, 5) is 11.9. The molecule has 0 aromatic heterocycles. The maximum Gasteiger partial charge on any atom is 0.319 e. The summed E-state index contributed by atoms with van der Waals surface area (Å²) in [7, 11) is 0. The van der Waals surface area contributed by atoms with Gasteiger partial charge in [-0.2, -0.15) is 0 Å². The molecule has 0 aliphatic heterocycles. The van der Waals surface area contributed by atoms with Gasteiger partial charge in [-0.25, -0.2) is 4.79 Å². The van der Waals surface area contributed by atoms with Gasteiger partial charge in [0.05, 0.1) is 0 Å². The van der Waals surface area contributed by atoms with Crippen LogP contribution < -0.4 is 16.4 Å². The van der Waals surface area contributed by atoms with E-state index in [1.165, 1.54) is 12.8 Å². The SMILES string of the molecule is NC1CCCCCC1NC(=O)Nc1ccccc1. The fraction of sp³-hybridized carbons (Fsp3) is 0.500. The molecule has 4 heteroatoms. The van der Waals surface area contributed by atoms with Crippen LogP contribution in [0.1, 0.15) is 32.1 Å². The van der Waals surface area contributed by atoms with Crippen molar-refractivity contribution < 1.29 is 4.79 Å². The maximum atomic E-state index is 11.9. The molecule has 1 aliphatic carbocycles. The Morgan fingerprint density at radius 3 is 2.61 bits per heavy atom. The van der Waals surface area contributed by atoms with Gasteiger partial charge in [-0.1, -0.05) is 37.5 Å². The summed E-state index contributed by atoms with van der Waals surface area (Å²) in [5, 5.41) is 5.81. The zero-order valence-electron chi connectivity index (χ0n) is 10.6. The van der Waals surface area contributed by atoms with Crippen LogP contribution in [0.2, 0.25) is 0 Å². The highest BCUT2D eigenvalue weighted by Gasteiger charge is 2.21. The van der Waals surface area contributed by atoms with E-state index in [1.807, 2.05) is 30.3 Å². The Kier molecular flexibility index (Phi) is 4.59. The lowest BCUT2D eigenvalue weighted by Crippen LogP contribution is -2.48. The standard InChI is InChI=1S/C14H21N3O/c15-12-9-5-2-6-10-13(12)17-14(18)16-11-7-3-1-4-8-11/h1,3-4,7-8,12-13H,2,5-6,9-10,15H2,(H2,16,17,18). The van der Waals surface area contributed by atoms with Crippen LogP contribution in [0.3, 0.4) is 0 Å². The second kappa shape index (κ2) is 6.40. The highest BCUT2D eigenvalue weighted by molar-refractivity contribution is 5.89. The molecule has 1 aromatic carbocycles. The van der Waals surface area contributed by atoms with Gasteiger partial charge in [-0.05, 0) is 25.0 Å². The zero-order chi connectivity index (χ0) is 12.8. The average molecular weight is 247 g/mol. The second-order valence-electron chi connectivity index (χ2n) is 4.87. The lowest BCUT2D eigenvalue weighted by Gasteiger charge is -2.22. The van der Waals surface area contributed by atoms with Gasteiger partial charge >= 0.3 is 6.03 Å². The van der Waals surface area contributed by atoms with Gasteiger partial charge in [0.15, 0.2) is 0 Å². The van der Waals surface area contributed by atoms with Crippen LogP contribution in [-0.2, 0) is 0 Å². The highest BCUT2D eigenvalue weighted by atomic mass is 16.2. The lowest BCUT2D eigenvalue weighted by atomic mass is 10.0. The number of urea groups is 1. The third kappa shape index (κ3) is 3.74.